The van der Waals surface area contributed by atoms with Crippen LogP contribution in [-0.2, 0) is 19.1 Å². The van der Waals surface area contributed by atoms with E-state index in [4.69, 9.17) is 9.47 Å². The molecule has 1 aliphatic rings. The van der Waals surface area contributed by atoms with Gasteiger partial charge in [-0.2, -0.15) is 4.57 Å². The van der Waals surface area contributed by atoms with Crippen LogP contribution in [0.4, 0.5) is 17.3 Å². The van der Waals surface area contributed by atoms with E-state index in [1.165, 1.54) is 6.92 Å². The molecule has 4 aromatic rings. The van der Waals surface area contributed by atoms with Gasteiger partial charge in [0.05, 0.1) is 12.7 Å². The Morgan fingerprint density at radius 1 is 0.780 bits per heavy atom. The number of aromatic nitrogens is 1. The number of esters is 1. The first-order valence-electron chi connectivity index (χ1n) is 16.9. The van der Waals surface area contributed by atoms with Crippen LogP contribution in [0.15, 0.2) is 115 Å². The van der Waals surface area contributed by atoms with Gasteiger partial charge in [0.2, 0.25) is 17.3 Å². The first kappa shape index (κ1) is 38.0. The Morgan fingerprint density at radius 3 is 1.66 bits per heavy atom. The third kappa shape index (κ3) is 10.4. The van der Waals surface area contributed by atoms with E-state index in [2.05, 4.69) is 72.3 Å². The summed E-state index contributed by atoms with van der Waals surface area (Å²) in [6.07, 6.45) is 3.30. The average molecular weight is 691 g/mol. The van der Waals surface area contributed by atoms with Gasteiger partial charge in [-0.15, -0.1) is 0 Å². The number of benzene rings is 3. The number of amides is 1. The zero-order valence-corrected chi connectivity index (χ0v) is 28.7. The first-order chi connectivity index (χ1) is 23.9. The van der Waals surface area contributed by atoms with E-state index in [9.17, 15) is 26.9 Å². The Bertz CT molecular complexity index is 1670. The van der Waals surface area contributed by atoms with Crippen molar-refractivity contribution in [1.82, 2.24) is 5.32 Å². The van der Waals surface area contributed by atoms with Crippen LogP contribution in [0.1, 0.15) is 53.0 Å². The van der Waals surface area contributed by atoms with Gasteiger partial charge in [0.25, 0.3) is 0 Å². The molecule has 0 bridgehead atoms. The van der Waals surface area contributed by atoms with Crippen LogP contribution in [0.2, 0.25) is 0 Å². The Balaban J connectivity index is 0.00000105. The van der Waals surface area contributed by atoms with Gasteiger partial charge < -0.3 is 32.1 Å². The summed E-state index contributed by atoms with van der Waals surface area (Å²) in [5.41, 5.74) is 6.73. The fourth-order valence-corrected chi connectivity index (χ4v) is 6.23. The normalized spacial score (nSPS) is 17.3. The number of nitrogens with one attached hydrogen (secondary N) is 1. The molecule has 0 saturated carbocycles. The van der Waals surface area contributed by atoms with E-state index in [-0.39, 0.29) is 30.6 Å². The highest BCUT2D eigenvalue weighted by Crippen LogP contribution is 2.36. The maximum atomic E-state index is 13.4. The van der Waals surface area contributed by atoms with Crippen molar-refractivity contribution in [3.8, 4) is 33.6 Å². The van der Waals surface area contributed by atoms with E-state index in [1.54, 1.807) is 0 Å². The minimum absolute atomic E-state index is 0.0302. The molecule has 6 nitrogen and oxygen atoms in total. The topological polar surface area (TPSA) is 68.5 Å². The Kier molecular flexibility index (Phi) is 13.5. The SMILES string of the molecule is CCOC(=O)C1=C[C@@H](OC(CC)CC)[C@H](NC(C)=O)[C@@H]([n+]2c(-c3ccccc3)cc(-c3ccccc3)cc2-c2ccccc2)C1.F[B-](F)(F)F. The molecule has 1 N–H and O–H groups in total. The summed E-state index contributed by atoms with van der Waals surface area (Å²) < 4.78 is 53.5. The number of carbonyl (C=O) groups is 2. The van der Waals surface area contributed by atoms with Crippen LogP contribution in [0.3, 0.4) is 0 Å². The molecular formula is C39H43BF4N2O4. The highest BCUT2D eigenvalue weighted by molar-refractivity contribution is 6.50. The second-order valence-corrected chi connectivity index (χ2v) is 11.9. The molecule has 0 radical (unpaired) electrons. The highest BCUT2D eigenvalue weighted by atomic mass is 19.5. The summed E-state index contributed by atoms with van der Waals surface area (Å²) >= 11 is 0. The van der Waals surface area contributed by atoms with Gasteiger partial charge in [-0.3, -0.25) is 4.79 Å². The van der Waals surface area contributed by atoms with Crippen LogP contribution in [0, 0.1) is 0 Å². The van der Waals surface area contributed by atoms with Crippen LogP contribution in [-0.4, -0.2) is 44.0 Å². The van der Waals surface area contributed by atoms with Crippen LogP contribution < -0.4 is 9.88 Å². The zero-order chi connectivity index (χ0) is 36.3. The molecule has 0 spiro atoms. The monoisotopic (exact) mass is 690 g/mol. The molecule has 1 aliphatic carbocycles. The first-order valence-corrected chi connectivity index (χ1v) is 16.9. The van der Waals surface area contributed by atoms with Gasteiger partial charge in [-0.25, -0.2) is 4.79 Å². The maximum absolute atomic E-state index is 13.4. The van der Waals surface area contributed by atoms with Crippen molar-refractivity contribution in [3.63, 3.8) is 0 Å². The second kappa shape index (κ2) is 17.8. The lowest BCUT2D eigenvalue weighted by molar-refractivity contribution is -0.706. The number of pyridine rings is 1. The molecule has 1 aromatic heterocycles. The summed E-state index contributed by atoms with van der Waals surface area (Å²) in [7, 11) is -6.00. The molecule has 264 valence electrons. The Labute approximate surface area is 291 Å². The number of ether oxygens (including phenoxy) is 2. The Morgan fingerprint density at radius 2 is 1.24 bits per heavy atom. The van der Waals surface area contributed by atoms with Gasteiger partial charge in [-0.05, 0) is 61.2 Å². The molecule has 0 aliphatic heterocycles. The van der Waals surface area contributed by atoms with Crippen molar-refractivity contribution < 1.29 is 40.9 Å². The molecule has 0 fully saturated rings. The number of rotatable bonds is 11. The predicted octanol–water partition coefficient (Wildman–Crippen LogP) is 8.79. The van der Waals surface area contributed by atoms with E-state index in [0.29, 0.717) is 12.0 Å². The number of carbonyl (C=O) groups excluding carboxylic acids is 2. The van der Waals surface area contributed by atoms with Crippen molar-refractivity contribution >= 4 is 19.1 Å². The van der Waals surface area contributed by atoms with Crippen LogP contribution >= 0.6 is 0 Å². The molecule has 3 aromatic carbocycles. The van der Waals surface area contributed by atoms with Crippen molar-refractivity contribution in [2.75, 3.05) is 6.61 Å². The average Bonchev–Trinajstić information content (AvgIpc) is 3.11. The lowest BCUT2D eigenvalue weighted by Gasteiger charge is -2.36. The van der Waals surface area contributed by atoms with Gasteiger partial charge >= 0.3 is 13.2 Å². The van der Waals surface area contributed by atoms with Crippen molar-refractivity contribution in [2.24, 2.45) is 0 Å². The second-order valence-electron chi connectivity index (χ2n) is 11.9. The number of hydrogen-bond donors (Lipinski definition) is 1. The summed E-state index contributed by atoms with van der Waals surface area (Å²) in [5.74, 6) is -0.508. The van der Waals surface area contributed by atoms with Crippen molar-refractivity contribution in [2.45, 2.75) is 71.2 Å². The molecule has 0 unspecified atom stereocenters. The van der Waals surface area contributed by atoms with Crippen molar-refractivity contribution in [3.05, 3.63) is 115 Å². The predicted molar refractivity (Wildman–Crippen MR) is 188 cm³/mol. The van der Waals surface area contributed by atoms with Gasteiger partial charge in [0.15, 0.2) is 6.04 Å². The smallest absolute Gasteiger partial charge is 0.463 e. The van der Waals surface area contributed by atoms with E-state index < -0.39 is 19.4 Å². The maximum Gasteiger partial charge on any atom is 0.673 e. The summed E-state index contributed by atoms with van der Waals surface area (Å²) in [6, 6.07) is 34.5. The van der Waals surface area contributed by atoms with E-state index in [1.807, 2.05) is 67.6 Å². The summed E-state index contributed by atoms with van der Waals surface area (Å²) in [6.45, 7) is 7.81. The van der Waals surface area contributed by atoms with Crippen LogP contribution in [0.25, 0.3) is 33.6 Å². The molecule has 3 atom stereocenters. The number of nitrogens with zero attached hydrogens (tertiary/aromatic N) is 1. The number of halogens is 4. The molecule has 1 amide bonds. The molecular weight excluding hydrogens is 647 g/mol. The van der Waals surface area contributed by atoms with Crippen molar-refractivity contribution in [1.29, 1.82) is 0 Å². The largest absolute Gasteiger partial charge is 0.673 e. The number of hydrogen-bond acceptors (Lipinski definition) is 4. The van der Waals surface area contributed by atoms with Gasteiger partial charge in [0, 0.05) is 42.2 Å². The fourth-order valence-electron chi connectivity index (χ4n) is 6.23. The minimum atomic E-state index is -6.00. The third-order valence-corrected chi connectivity index (χ3v) is 8.41. The molecule has 0 saturated heterocycles. The summed E-state index contributed by atoms with van der Waals surface area (Å²) in [5, 5.41) is 3.25. The van der Waals surface area contributed by atoms with Gasteiger partial charge in [0.1, 0.15) is 12.1 Å². The molecule has 50 heavy (non-hydrogen) atoms. The standard InChI is InChI=1S/C39H42N2O4.BF4/c1-5-33(6-2)45-37-26-32(39(43)44-7-3)25-36(38(37)40-27(4)42)41-34(29-19-13-9-14-20-29)23-31(28-17-11-8-12-18-28)24-35(41)30-21-15-10-16-22-30;2-1(3,4)5/h8-24,26,33,36-38H,5-7,25H2,1-4H3;/q;-1/p+1/t36-,37+,38+;/m0./s1. The lowest BCUT2D eigenvalue weighted by Crippen LogP contribution is -2.60. The van der Waals surface area contributed by atoms with E-state index >= 15 is 0 Å². The Hall–Kier alpha value is -4.77. The van der Waals surface area contributed by atoms with Gasteiger partial charge in [-0.1, -0.05) is 80.6 Å². The van der Waals surface area contributed by atoms with Crippen LogP contribution in [0.5, 0.6) is 0 Å². The molecule has 11 heteroatoms. The zero-order valence-electron chi connectivity index (χ0n) is 28.7. The van der Waals surface area contributed by atoms with E-state index in [0.717, 1.165) is 46.5 Å². The summed E-state index contributed by atoms with van der Waals surface area (Å²) in [4.78, 5) is 26.2. The minimum Gasteiger partial charge on any atom is -0.463 e. The fraction of sp³-hybridized carbons (Fsp3) is 0.308. The molecule has 1 heterocycles. The quantitative estimate of drug-likeness (QED) is 0.0740. The highest BCUT2D eigenvalue weighted by Gasteiger charge is 2.45. The third-order valence-electron chi connectivity index (χ3n) is 8.41. The molecule has 5 rings (SSSR count). The lowest BCUT2D eigenvalue weighted by atomic mass is 9.85.